The van der Waals surface area contributed by atoms with Crippen LogP contribution < -0.4 is 14.5 Å². The predicted octanol–water partition coefficient (Wildman–Crippen LogP) is 15.2. The molecule has 0 radical (unpaired) electrons. The first-order valence-electron chi connectivity index (χ1n) is 20.8. The number of pyridine rings is 1. The molecule has 4 heterocycles. The van der Waals surface area contributed by atoms with E-state index in [1.807, 2.05) is 23.6 Å². The molecule has 6 aromatic carbocycles. The summed E-state index contributed by atoms with van der Waals surface area (Å²) in [4.78, 5) is 9.58. The van der Waals surface area contributed by atoms with Crippen LogP contribution in [0, 0.1) is 18.8 Å². The minimum atomic E-state index is -0.153. The molecule has 0 saturated carbocycles. The van der Waals surface area contributed by atoms with E-state index in [0.717, 1.165) is 50.6 Å². The van der Waals surface area contributed by atoms with Crippen LogP contribution in [0.15, 0.2) is 128 Å². The van der Waals surface area contributed by atoms with Crippen LogP contribution in [0.1, 0.15) is 79.0 Å². The number of hydrogen-bond donors (Lipinski definition) is 0. The maximum absolute atomic E-state index is 6.89. The molecule has 0 atom stereocenters. The molecule has 1 aliphatic rings. The second-order valence-corrected chi connectivity index (χ2v) is 20.1. The van der Waals surface area contributed by atoms with Crippen LogP contribution in [0.5, 0.6) is 11.5 Å². The van der Waals surface area contributed by atoms with Crippen LogP contribution >= 0.6 is 11.3 Å². The molecule has 7 heteroatoms. The Hall–Kier alpha value is -5.42. The molecule has 5 nitrogen and oxygen atoms in total. The van der Waals surface area contributed by atoms with Crippen LogP contribution in [0.2, 0.25) is 0 Å². The van der Waals surface area contributed by atoms with Crippen molar-refractivity contribution in [2.45, 2.75) is 78.6 Å². The first-order valence-corrected chi connectivity index (χ1v) is 21.6. The van der Waals surface area contributed by atoms with Crippen molar-refractivity contribution in [1.29, 1.82) is 0 Å². The van der Waals surface area contributed by atoms with Gasteiger partial charge in [0, 0.05) is 70.6 Å². The number of benzene rings is 6. The summed E-state index contributed by atoms with van der Waals surface area (Å²) in [5.74, 6) is 2.12. The summed E-state index contributed by atoms with van der Waals surface area (Å²) < 4.78 is 11.7. The normalized spacial score (nSPS) is 13.4. The fourth-order valence-electron chi connectivity index (χ4n) is 8.56. The van der Waals surface area contributed by atoms with E-state index < -0.39 is 0 Å². The van der Waals surface area contributed by atoms with Gasteiger partial charge in [-0.3, -0.25) is 0 Å². The number of para-hydroxylation sites is 3. The summed E-state index contributed by atoms with van der Waals surface area (Å²) in [6, 6.07) is 50.9. The first-order chi connectivity index (χ1) is 28.6. The van der Waals surface area contributed by atoms with Crippen molar-refractivity contribution < 1.29 is 25.8 Å². The van der Waals surface area contributed by atoms with Crippen LogP contribution in [-0.4, -0.2) is 9.55 Å². The van der Waals surface area contributed by atoms with Gasteiger partial charge in [0.1, 0.15) is 5.82 Å². The topological polar surface area (TPSA) is 33.5 Å². The van der Waals surface area contributed by atoms with Crippen LogP contribution in [0.3, 0.4) is 0 Å². The molecule has 0 aliphatic carbocycles. The Morgan fingerprint density at radius 1 is 0.607 bits per heavy atom. The molecular formula is C54H49N4OPtS-3. The van der Waals surface area contributed by atoms with Gasteiger partial charge in [0.25, 0.3) is 0 Å². The molecule has 3 aromatic heterocycles. The molecular weight excluding hydrogens is 948 g/mol. The van der Waals surface area contributed by atoms with Gasteiger partial charge in [0.05, 0.1) is 5.52 Å². The summed E-state index contributed by atoms with van der Waals surface area (Å²) in [6.45, 7) is 22.5. The zero-order valence-corrected chi connectivity index (χ0v) is 39.2. The molecule has 10 rings (SSSR count). The zero-order chi connectivity index (χ0) is 41.7. The molecule has 0 saturated heterocycles. The van der Waals surface area contributed by atoms with Crippen molar-refractivity contribution in [2.24, 2.45) is 0 Å². The van der Waals surface area contributed by atoms with Gasteiger partial charge in [-0.05, 0) is 74.5 Å². The summed E-state index contributed by atoms with van der Waals surface area (Å²) >= 11 is 1.83. The third-order valence-corrected chi connectivity index (χ3v) is 12.9. The van der Waals surface area contributed by atoms with Crippen molar-refractivity contribution in [2.75, 3.05) is 9.80 Å². The van der Waals surface area contributed by atoms with E-state index in [1.54, 1.807) is 0 Å². The molecule has 0 fully saturated rings. The van der Waals surface area contributed by atoms with E-state index in [2.05, 4.69) is 211 Å². The van der Waals surface area contributed by atoms with E-state index in [9.17, 15) is 0 Å². The maximum atomic E-state index is 6.89. The summed E-state index contributed by atoms with van der Waals surface area (Å²) in [5.41, 5.74) is 9.79. The van der Waals surface area contributed by atoms with Gasteiger partial charge in [0.15, 0.2) is 0 Å². The van der Waals surface area contributed by atoms with Gasteiger partial charge in [-0.2, -0.15) is 6.07 Å². The fourth-order valence-corrected chi connectivity index (χ4v) is 9.79. The van der Waals surface area contributed by atoms with Gasteiger partial charge in [-0.15, -0.1) is 59.6 Å². The third kappa shape index (κ3) is 7.12. The molecule has 61 heavy (non-hydrogen) atoms. The third-order valence-electron chi connectivity index (χ3n) is 11.8. The number of nitrogens with zero attached hydrogens (tertiary/aromatic N) is 4. The van der Waals surface area contributed by atoms with Gasteiger partial charge >= 0.3 is 0 Å². The number of hydrogen-bond acceptors (Lipinski definition) is 5. The number of fused-ring (bicyclic) bond motifs is 8. The molecule has 0 amide bonds. The SMILES string of the molecule is CC(C)(C)c1cc(Oc2[c-]c3c(cc2)c2sc4ccc5ccccc5c4c2n3-c2cc(C(C)(C)C)ccn2)[c-]c(N2[CH-]N(c3ccccc3C(C)(C)C)c3ccccc32)c1.[Pt]. The first kappa shape index (κ1) is 41.0. The monoisotopic (exact) mass is 996 g/mol. The van der Waals surface area contributed by atoms with Crippen molar-refractivity contribution in [3.8, 4) is 17.3 Å². The van der Waals surface area contributed by atoms with Crippen LogP contribution in [0.4, 0.5) is 22.7 Å². The van der Waals surface area contributed by atoms with Crippen molar-refractivity contribution in [3.63, 3.8) is 0 Å². The number of aromatic nitrogens is 2. The van der Waals surface area contributed by atoms with Gasteiger partial charge in [0.2, 0.25) is 0 Å². The van der Waals surface area contributed by atoms with E-state index in [0.29, 0.717) is 11.5 Å². The van der Waals surface area contributed by atoms with E-state index in [-0.39, 0.29) is 37.3 Å². The van der Waals surface area contributed by atoms with Gasteiger partial charge < -0.3 is 19.1 Å². The molecule has 0 unspecified atom stereocenters. The van der Waals surface area contributed by atoms with Crippen LogP contribution in [0.25, 0.3) is 47.8 Å². The Morgan fingerprint density at radius 3 is 2.03 bits per heavy atom. The van der Waals surface area contributed by atoms with Crippen molar-refractivity contribution in [3.05, 3.63) is 163 Å². The number of thiophene rings is 1. The number of ether oxygens (including phenoxy) is 1. The van der Waals surface area contributed by atoms with E-state index in [1.165, 1.54) is 36.7 Å². The standard InChI is InChI=1S/C54H49N4OS.Pt/c1-52(2,3)35-26-27-55-48(30-35)58-46-32-38(23-24-41(46)51-50(58)49-40-17-11-10-16-34(40)22-25-47(49)60-51)59-39-29-36(53(4,5)6)28-37(31-39)56-33-57(45-21-15-14-20-44(45)56)43-19-13-12-18-42(43)54(7,8)9;/h10-30,33H,1-9H3;/q-3;. The molecule has 9 aromatic rings. The largest absolute Gasteiger partial charge is 0.509 e. The Kier molecular flexibility index (Phi) is 10.00. The van der Waals surface area contributed by atoms with Gasteiger partial charge in [-0.1, -0.05) is 134 Å². The van der Waals surface area contributed by atoms with Crippen molar-refractivity contribution in [1.82, 2.24) is 9.55 Å². The average Bonchev–Trinajstić information content (AvgIpc) is 3.89. The van der Waals surface area contributed by atoms with Crippen molar-refractivity contribution >= 4 is 76.1 Å². The second-order valence-electron chi connectivity index (χ2n) is 19.1. The Bertz CT molecular complexity index is 3140. The predicted molar refractivity (Wildman–Crippen MR) is 253 cm³/mol. The number of anilines is 4. The summed E-state index contributed by atoms with van der Waals surface area (Å²) in [7, 11) is 0. The smallest absolute Gasteiger partial charge is 0.135 e. The molecule has 0 bridgehead atoms. The van der Waals surface area contributed by atoms with Crippen LogP contribution in [-0.2, 0) is 37.3 Å². The average molecular weight is 997 g/mol. The Morgan fingerprint density at radius 2 is 1.30 bits per heavy atom. The maximum Gasteiger partial charge on any atom is 0.135 e. The molecule has 0 N–H and O–H groups in total. The Labute approximate surface area is 377 Å². The van der Waals surface area contributed by atoms with E-state index >= 15 is 0 Å². The number of rotatable bonds is 5. The molecule has 1 aliphatic heterocycles. The molecule has 310 valence electrons. The fraction of sp³-hybridized carbons (Fsp3) is 0.222. The Balaban J connectivity index is 0.00000476. The zero-order valence-electron chi connectivity index (χ0n) is 36.1. The minimum absolute atomic E-state index is 0. The summed E-state index contributed by atoms with van der Waals surface area (Å²) in [5, 5.41) is 4.81. The van der Waals surface area contributed by atoms with E-state index in [4.69, 9.17) is 9.72 Å². The van der Waals surface area contributed by atoms with Gasteiger partial charge in [-0.25, -0.2) is 4.98 Å². The quantitative estimate of drug-likeness (QED) is 0.161. The second kappa shape index (κ2) is 14.9. The summed E-state index contributed by atoms with van der Waals surface area (Å²) in [6.07, 6.45) is 1.94. The minimum Gasteiger partial charge on any atom is -0.509 e. The molecule has 0 spiro atoms.